The average Bonchev–Trinajstić information content (AvgIpc) is 3.08. The van der Waals surface area contributed by atoms with Crippen LogP contribution in [0.15, 0.2) is 22.7 Å². The number of rotatable bonds is 6. The van der Waals surface area contributed by atoms with Gasteiger partial charge < -0.3 is 10.1 Å². The average molecular weight is 298 g/mol. The van der Waals surface area contributed by atoms with E-state index in [1.54, 1.807) is 0 Å². The van der Waals surface area contributed by atoms with Gasteiger partial charge in [-0.25, -0.2) is 0 Å². The van der Waals surface area contributed by atoms with Crippen molar-refractivity contribution in [3.8, 4) is 0 Å². The standard InChI is InChI=1S/C14H20BrNO/c1-10(2)17-9-12-4-3-11(7-14(12)15)8-16-13-5-6-13/h3-4,7,10,13,16H,5-6,8-9H2,1-2H3. The molecule has 0 saturated heterocycles. The molecular formula is C14H20BrNO. The Hall–Kier alpha value is -0.380. The molecule has 1 aliphatic rings. The highest BCUT2D eigenvalue weighted by Crippen LogP contribution is 2.22. The second-order valence-corrected chi connectivity index (χ2v) is 5.80. The molecule has 0 aliphatic heterocycles. The summed E-state index contributed by atoms with van der Waals surface area (Å²) in [4.78, 5) is 0. The summed E-state index contributed by atoms with van der Waals surface area (Å²) in [6, 6.07) is 7.28. The minimum Gasteiger partial charge on any atom is -0.374 e. The predicted molar refractivity (Wildman–Crippen MR) is 73.9 cm³/mol. The van der Waals surface area contributed by atoms with Crippen LogP contribution in [0.1, 0.15) is 37.8 Å². The fraction of sp³-hybridized carbons (Fsp3) is 0.571. The molecule has 1 saturated carbocycles. The molecule has 0 atom stereocenters. The molecule has 0 aromatic heterocycles. The van der Waals surface area contributed by atoms with Gasteiger partial charge in [-0.3, -0.25) is 0 Å². The lowest BCUT2D eigenvalue weighted by Gasteiger charge is -2.11. The van der Waals surface area contributed by atoms with Crippen molar-refractivity contribution in [2.45, 2.75) is 52.0 Å². The highest BCUT2D eigenvalue weighted by molar-refractivity contribution is 9.10. The van der Waals surface area contributed by atoms with Gasteiger partial charge >= 0.3 is 0 Å². The van der Waals surface area contributed by atoms with Gasteiger partial charge in [-0.1, -0.05) is 28.1 Å². The Balaban J connectivity index is 1.90. The van der Waals surface area contributed by atoms with Crippen molar-refractivity contribution in [3.05, 3.63) is 33.8 Å². The van der Waals surface area contributed by atoms with Crippen LogP contribution >= 0.6 is 15.9 Å². The van der Waals surface area contributed by atoms with Gasteiger partial charge in [0.2, 0.25) is 0 Å². The summed E-state index contributed by atoms with van der Waals surface area (Å²) in [6.07, 6.45) is 2.95. The quantitative estimate of drug-likeness (QED) is 0.866. The number of hydrogen-bond acceptors (Lipinski definition) is 2. The van der Waals surface area contributed by atoms with Gasteiger partial charge in [0, 0.05) is 17.1 Å². The molecule has 1 fully saturated rings. The second-order valence-electron chi connectivity index (χ2n) is 4.94. The zero-order valence-electron chi connectivity index (χ0n) is 10.5. The molecule has 1 aromatic carbocycles. The second kappa shape index (κ2) is 5.98. The highest BCUT2D eigenvalue weighted by Gasteiger charge is 2.19. The van der Waals surface area contributed by atoms with E-state index in [1.807, 2.05) is 0 Å². The van der Waals surface area contributed by atoms with Crippen LogP contribution in [0.4, 0.5) is 0 Å². The molecule has 0 amide bonds. The number of nitrogens with one attached hydrogen (secondary N) is 1. The lowest BCUT2D eigenvalue weighted by Crippen LogP contribution is -2.15. The van der Waals surface area contributed by atoms with Crippen molar-refractivity contribution in [1.29, 1.82) is 0 Å². The molecule has 0 unspecified atom stereocenters. The Bertz CT molecular complexity index is 374. The normalized spacial score (nSPS) is 15.5. The SMILES string of the molecule is CC(C)OCc1ccc(CNC2CC2)cc1Br. The molecule has 0 bridgehead atoms. The van der Waals surface area contributed by atoms with Crippen LogP contribution in [0.5, 0.6) is 0 Å². The number of hydrogen-bond donors (Lipinski definition) is 1. The third-order valence-corrected chi connectivity index (χ3v) is 3.60. The zero-order valence-corrected chi connectivity index (χ0v) is 12.1. The van der Waals surface area contributed by atoms with Crippen LogP contribution in [-0.2, 0) is 17.9 Å². The van der Waals surface area contributed by atoms with Gasteiger partial charge in [0.25, 0.3) is 0 Å². The van der Waals surface area contributed by atoms with Crippen LogP contribution < -0.4 is 5.32 Å². The van der Waals surface area contributed by atoms with E-state index in [4.69, 9.17) is 4.74 Å². The van der Waals surface area contributed by atoms with E-state index in [9.17, 15) is 0 Å². The first-order valence-electron chi connectivity index (χ1n) is 6.27. The van der Waals surface area contributed by atoms with Gasteiger partial charge in [0.1, 0.15) is 0 Å². The van der Waals surface area contributed by atoms with Crippen LogP contribution in [0.2, 0.25) is 0 Å². The van der Waals surface area contributed by atoms with E-state index in [0.29, 0.717) is 6.61 Å². The van der Waals surface area contributed by atoms with Crippen LogP contribution in [0.3, 0.4) is 0 Å². The monoisotopic (exact) mass is 297 g/mol. The summed E-state index contributed by atoms with van der Waals surface area (Å²) < 4.78 is 6.76. The highest BCUT2D eigenvalue weighted by atomic mass is 79.9. The van der Waals surface area contributed by atoms with Gasteiger partial charge in [-0.2, -0.15) is 0 Å². The first-order chi connectivity index (χ1) is 8.15. The van der Waals surface area contributed by atoms with E-state index >= 15 is 0 Å². The predicted octanol–water partition coefficient (Wildman–Crippen LogP) is 3.63. The summed E-state index contributed by atoms with van der Waals surface area (Å²) in [5.41, 5.74) is 2.55. The van der Waals surface area contributed by atoms with Crippen LogP contribution in [0.25, 0.3) is 0 Å². The van der Waals surface area contributed by atoms with Gasteiger partial charge in [0.15, 0.2) is 0 Å². The molecule has 1 N–H and O–H groups in total. The maximum Gasteiger partial charge on any atom is 0.0731 e. The minimum absolute atomic E-state index is 0.276. The van der Waals surface area contributed by atoms with Crippen molar-refractivity contribution in [2.75, 3.05) is 0 Å². The Labute approximate surface area is 112 Å². The maximum atomic E-state index is 5.61. The van der Waals surface area contributed by atoms with Crippen LogP contribution in [-0.4, -0.2) is 12.1 Å². The first-order valence-corrected chi connectivity index (χ1v) is 7.06. The third-order valence-electron chi connectivity index (χ3n) is 2.86. The molecular weight excluding hydrogens is 278 g/mol. The largest absolute Gasteiger partial charge is 0.374 e. The van der Waals surface area contributed by atoms with Crippen LogP contribution in [0, 0.1) is 0 Å². The summed E-state index contributed by atoms with van der Waals surface area (Å²) in [5.74, 6) is 0. The fourth-order valence-electron chi connectivity index (χ4n) is 1.62. The van der Waals surface area contributed by atoms with E-state index in [2.05, 4.69) is 53.3 Å². The lowest BCUT2D eigenvalue weighted by atomic mass is 10.1. The first kappa shape index (κ1) is 13.1. The molecule has 0 radical (unpaired) electrons. The van der Waals surface area contributed by atoms with Gasteiger partial charge in [0.05, 0.1) is 12.7 Å². The summed E-state index contributed by atoms with van der Waals surface area (Å²) >= 11 is 3.61. The third kappa shape index (κ3) is 4.41. The number of benzene rings is 1. The molecule has 1 aromatic rings. The Morgan fingerprint density at radius 1 is 1.41 bits per heavy atom. The Morgan fingerprint density at radius 3 is 2.76 bits per heavy atom. The van der Waals surface area contributed by atoms with Crippen molar-refractivity contribution >= 4 is 15.9 Å². The van der Waals surface area contributed by atoms with Gasteiger partial charge in [-0.15, -0.1) is 0 Å². The van der Waals surface area contributed by atoms with Gasteiger partial charge in [-0.05, 0) is 43.9 Å². The van der Waals surface area contributed by atoms with E-state index in [1.165, 1.54) is 24.0 Å². The molecule has 0 spiro atoms. The van der Waals surface area contributed by atoms with Crippen molar-refractivity contribution in [3.63, 3.8) is 0 Å². The lowest BCUT2D eigenvalue weighted by molar-refractivity contribution is 0.0653. The van der Waals surface area contributed by atoms with Crippen molar-refractivity contribution in [1.82, 2.24) is 5.32 Å². The molecule has 3 heteroatoms. The minimum atomic E-state index is 0.276. The summed E-state index contributed by atoms with van der Waals surface area (Å²) in [7, 11) is 0. The van der Waals surface area contributed by atoms with E-state index in [-0.39, 0.29) is 6.10 Å². The maximum absolute atomic E-state index is 5.61. The Kier molecular flexibility index (Phi) is 4.60. The summed E-state index contributed by atoms with van der Waals surface area (Å²) in [6.45, 7) is 5.76. The number of halogens is 1. The summed E-state index contributed by atoms with van der Waals surface area (Å²) in [5, 5.41) is 3.52. The van der Waals surface area contributed by atoms with Crippen molar-refractivity contribution in [2.24, 2.45) is 0 Å². The molecule has 0 heterocycles. The van der Waals surface area contributed by atoms with E-state index < -0.39 is 0 Å². The molecule has 94 valence electrons. The molecule has 2 rings (SSSR count). The fourth-order valence-corrected chi connectivity index (χ4v) is 2.16. The molecule has 2 nitrogen and oxygen atoms in total. The molecule has 1 aliphatic carbocycles. The molecule has 17 heavy (non-hydrogen) atoms. The van der Waals surface area contributed by atoms with E-state index in [0.717, 1.165) is 17.1 Å². The van der Waals surface area contributed by atoms with Crippen molar-refractivity contribution < 1.29 is 4.74 Å². The Morgan fingerprint density at radius 2 is 2.18 bits per heavy atom. The smallest absolute Gasteiger partial charge is 0.0731 e. The topological polar surface area (TPSA) is 21.3 Å². The number of ether oxygens (including phenoxy) is 1. The zero-order chi connectivity index (χ0) is 12.3.